The second-order valence-corrected chi connectivity index (χ2v) is 4.76. The number of carbonyl (C=O) groups excluding carboxylic acids is 1. The number of likely N-dealkylation sites (tertiary alicyclic amines) is 1. The van der Waals surface area contributed by atoms with E-state index < -0.39 is 0 Å². The minimum Gasteiger partial charge on any atom is -0.343 e. The van der Waals surface area contributed by atoms with Gasteiger partial charge >= 0.3 is 0 Å². The third-order valence-electron chi connectivity index (χ3n) is 3.44. The number of aromatic nitrogens is 2. The van der Waals surface area contributed by atoms with Gasteiger partial charge in [-0.05, 0) is 25.2 Å². The summed E-state index contributed by atoms with van der Waals surface area (Å²) in [6.07, 6.45) is 5.50. The molecule has 1 aromatic rings. The second kappa shape index (κ2) is 3.88. The summed E-state index contributed by atoms with van der Waals surface area (Å²) in [5, 5.41) is 3.84. The molecule has 0 unspecified atom stereocenters. The van der Waals surface area contributed by atoms with E-state index in [1.807, 2.05) is 4.90 Å². The molecule has 5 nitrogen and oxygen atoms in total. The van der Waals surface area contributed by atoms with Gasteiger partial charge in [-0.3, -0.25) is 4.79 Å². The van der Waals surface area contributed by atoms with Crippen molar-refractivity contribution in [2.45, 2.75) is 31.6 Å². The zero-order chi connectivity index (χ0) is 11.0. The summed E-state index contributed by atoms with van der Waals surface area (Å²) in [5.74, 6) is 1.97. The lowest BCUT2D eigenvalue weighted by Crippen LogP contribution is -2.28. The van der Waals surface area contributed by atoms with Gasteiger partial charge in [0.15, 0.2) is 5.82 Å². The predicted octanol–water partition coefficient (Wildman–Crippen LogP) is 1.19. The topological polar surface area (TPSA) is 59.2 Å². The summed E-state index contributed by atoms with van der Waals surface area (Å²) in [6, 6.07) is 0. The first-order valence-electron chi connectivity index (χ1n) is 5.87. The molecule has 1 aliphatic carbocycles. The highest BCUT2D eigenvalue weighted by molar-refractivity contribution is 5.77. The Hall–Kier alpha value is -1.39. The monoisotopic (exact) mass is 221 g/mol. The minimum absolute atomic E-state index is 0.266. The molecule has 1 saturated heterocycles. The van der Waals surface area contributed by atoms with Crippen molar-refractivity contribution < 1.29 is 9.32 Å². The van der Waals surface area contributed by atoms with Crippen LogP contribution < -0.4 is 0 Å². The number of amides is 1. The van der Waals surface area contributed by atoms with E-state index in [1.54, 1.807) is 0 Å². The third kappa shape index (κ3) is 1.94. The molecule has 2 fully saturated rings. The van der Waals surface area contributed by atoms with E-state index >= 15 is 0 Å². The third-order valence-corrected chi connectivity index (χ3v) is 3.44. The standard InChI is InChI=1S/C11H15N3O2/c15-10(5-8-1-2-8)14-4-3-9(6-14)11-12-7-16-13-11/h7-9H,1-6H2/t9-/m0/s1. The van der Waals surface area contributed by atoms with Crippen LogP contribution in [0.5, 0.6) is 0 Å². The zero-order valence-electron chi connectivity index (χ0n) is 9.13. The van der Waals surface area contributed by atoms with Gasteiger partial charge in [0.1, 0.15) is 0 Å². The average molecular weight is 221 g/mol. The number of rotatable bonds is 3. The molecule has 5 heteroatoms. The molecule has 1 saturated carbocycles. The van der Waals surface area contributed by atoms with Gasteiger partial charge < -0.3 is 9.42 Å². The van der Waals surface area contributed by atoms with Crippen molar-refractivity contribution in [3.05, 3.63) is 12.2 Å². The lowest BCUT2D eigenvalue weighted by atomic mass is 10.1. The van der Waals surface area contributed by atoms with E-state index in [0.29, 0.717) is 11.8 Å². The van der Waals surface area contributed by atoms with Crippen molar-refractivity contribution in [1.82, 2.24) is 15.0 Å². The van der Waals surface area contributed by atoms with Crippen molar-refractivity contribution in [2.24, 2.45) is 5.92 Å². The fourth-order valence-electron chi connectivity index (χ4n) is 2.25. The van der Waals surface area contributed by atoms with Gasteiger partial charge in [-0.25, -0.2) is 0 Å². The Kier molecular flexibility index (Phi) is 2.38. The number of hydrogen-bond donors (Lipinski definition) is 0. The zero-order valence-corrected chi connectivity index (χ0v) is 9.13. The fourth-order valence-corrected chi connectivity index (χ4v) is 2.25. The molecule has 0 spiro atoms. The number of hydrogen-bond acceptors (Lipinski definition) is 4. The van der Waals surface area contributed by atoms with E-state index in [9.17, 15) is 4.79 Å². The van der Waals surface area contributed by atoms with Crippen LogP contribution in [0.25, 0.3) is 0 Å². The number of nitrogens with zero attached hydrogens (tertiary/aromatic N) is 3. The second-order valence-electron chi connectivity index (χ2n) is 4.76. The molecule has 1 amide bonds. The Bertz CT molecular complexity index is 373. The molecule has 16 heavy (non-hydrogen) atoms. The van der Waals surface area contributed by atoms with Crippen molar-refractivity contribution in [1.29, 1.82) is 0 Å². The molecule has 86 valence electrons. The van der Waals surface area contributed by atoms with E-state index in [0.717, 1.165) is 31.8 Å². The van der Waals surface area contributed by atoms with Gasteiger partial charge in [0.05, 0.1) is 0 Å². The van der Waals surface area contributed by atoms with Crippen LogP contribution in [0.2, 0.25) is 0 Å². The maximum absolute atomic E-state index is 11.9. The Labute approximate surface area is 93.8 Å². The van der Waals surface area contributed by atoms with Gasteiger partial charge in [-0.2, -0.15) is 4.98 Å². The van der Waals surface area contributed by atoms with Crippen LogP contribution in [0.1, 0.15) is 37.4 Å². The molecule has 0 N–H and O–H groups in total. The van der Waals surface area contributed by atoms with E-state index in [4.69, 9.17) is 4.52 Å². The predicted molar refractivity (Wildman–Crippen MR) is 55.6 cm³/mol. The van der Waals surface area contributed by atoms with Gasteiger partial charge in [0.25, 0.3) is 0 Å². The van der Waals surface area contributed by atoms with Crippen LogP contribution in [0, 0.1) is 5.92 Å². The lowest BCUT2D eigenvalue weighted by Gasteiger charge is -2.15. The van der Waals surface area contributed by atoms with Crippen molar-refractivity contribution in [2.75, 3.05) is 13.1 Å². The molecule has 2 aliphatic rings. The molecular weight excluding hydrogens is 206 g/mol. The minimum atomic E-state index is 0.266. The SMILES string of the molecule is O=C(CC1CC1)N1CC[C@H](c2ncon2)C1. The largest absolute Gasteiger partial charge is 0.343 e. The van der Waals surface area contributed by atoms with Crippen LogP contribution in [-0.4, -0.2) is 34.0 Å². The Morgan fingerprint density at radius 3 is 3.06 bits per heavy atom. The average Bonchev–Trinajstić information content (AvgIpc) is 2.84. The van der Waals surface area contributed by atoms with Crippen molar-refractivity contribution in [3.8, 4) is 0 Å². The normalized spacial score (nSPS) is 25.0. The van der Waals surface area contributed by atoms with Crippen LogP contribution in [0.15, 0.2) is 10.9 Å². The van der Waals surface area contributed by atoms with E-state index in [2.05, 4.69) is 10.1 Å². The van der Waals surface area contributed by atoms with Gasteiger partial charge in [-0.1, -0.05) is 5.16 Å². The summed E-state index contributed by atoms with van der Waals surface area (Å²) in [4.78, 5) is 17.9. The number of carbonyl (C=O) groups is 1. The van der Waals surface area contributed by atoms with Crippen LogP contribution in [-0.2, 0) is 4.79 Å². The van der Waals surface area contributed by atoms with Gasteiger partial charge in [-0.15, -0.1) is 0 Å². The molecule has 1 aromatic heterocycles. The molecule has 1 aliphatic heterocycles. The highest BCUT2D eigenvalue weighted by atomic mass is 16.5. The highest BCUT2D eigenvalue weighted by Crippen LogP contribution is 2.34. The molecule has 3 rings (SSSR count). The van der Waals surface area contributed by atoms with Crippen LogP contribution in [0.4, 0.5) is 0 Å². The maximum Gasteiger partial charge on any atom is 0.222 e. The highest BCUT2D eigenvalue weighted by Gasteiger charge is 2.32. The summed E-state index contributed by atoms with van der Waals surface area (Å²) >= 11 is 0. The lowest BCUT2D eigenvalue weighted by molar-refractivity contribution is -0.130. The van der Waals surface area contributed by atoms with E-state index in [1.165, 1.54) is 19.2 Å². The Morgan fingerprint density at radius 1 is 1.50 bits per heavy atom. The maximum atomic E-state index is 11.9. The Balaban J connectivity index is 1.57. The molecule has 0 bridgehead atoms. The van der Waals surface area contributed by atoms with Crippen LogP contribution >= 0.6 is 0 Å². The van der Waals surface area contributed by atoms with Gasteiger partial charge in [0, 0.05) is 25.4 Å². The summed E-state index contributed by atoms with van der Waals surface area (Å²) in [7, 11) is 0. The molecule has 1 atom stereocenters. The summed E-state index contributed by atoms with van der Waals surface area (Å²) in [5.41, 5.74) is 0. The van der Waals surface area contributed by atoms with Crippen molar-refractivity contribution in [3.63, 3.8) is 0 Å². The smallest absolute Gasteiger partial charge is 0.222 e. The summed E-state index contributed by atoms with van der Waals surface area (Å²) in [6.45, 7) is 1.59. The fraction of sp³-hybridized carbons (Fsp3) is 0.727. The molecule has 0 radical (unpaired) electrons. The first kappa shape index (κ1) is 9.81. The molecule has 2 heterocycles. The summed E-state index contributed by atoms with van der Waals surface area (Å²) < 4.78 is 4.73. The first-order valence-corrected chi connectivity index (χ1v) is 5.87. The molecular formula is C11H15N3O2. The van der Waals surface area contributed by atoms with Crippen molar-refractivity contribution >= 4 is 5.91 Å². The van der Waals surface area contributed by atoms with Crippen LogP contribution in [0.3, 0.4) is 0 Å². The van der Waals surface area contributed by atoms with Gasteiger partial charge in [0.2, 0.25) is 12.3 Å². The Morgan fingerprint density at radius 2 is 2.38 bits per heavy atom. The quantitative estimate of drug-likeness (QED) is 0.769. The van der Waals surface area contributed by atoms with E-state index in [-0.39, 0.29) is 5.92 Å². The first-order chi connectivity index (χ1) is 7.83. The molecule has 0 aromatic carbocycles.